The van der Waals surface area contributed by atoms with Gasteiger partial charge in [0.15, 0.2) is 0 Å². The quantitative estimate of drug-likeness (QED) is 0.748. The van der Waals surface area contributed by atoms with Crippen molar-refractivity contribution in [3.8, 4) is 0 Å². The smallest absolute Gasteiger partial charge is 0.230 e. The van der Waals surface area contributed by atoms with Gasteiger partial charge in [-0.3, -0.25) is 9.59 Å². The Kier molecular flexibility index (Phi) is 6.80. The Morgan fingerprint density at radius 1 is 1.11 bits per heavy atom. The van der Waals surface area contributed by atoms with E-state index in [1.54, 1.807) is 0 Å². The Hall–Kier alpha value is -1.55. The fourth-order valence-electron chi connectivity index (χ4n) is 4.42. The maximum atomic E-state index is 13.3. The first-order valence-electron chi connectivity index (χ1n) is 10.4. The van der Waals surface area contributed by atoms with E-state index in [-0.39, 0.29) is 23.7 Å². The number of likely N-dealkylation sites (tertiary alicyclic amines) is 1. The zero-order chi connectivity index (χ0) is 19.4. The van der Waals surface area contributed by atoms with Crippen molar-refractivity contribution >= 4 is 29.1 Å². The lowest BCUT2D eigenvalue weighted by molar-refractivity contribution is -0.138. The molecule has 2 aliphatic heterocycles. The molecule has 5 heteroatoms. The minimum Gasteiger partial charge on any atom is -0.342 e. The Balaban J connectivity index is 1.67. The molecule has 1 fully saturated rings. The lowest BCUT2D eigenvalue weighted by Crippen LogP contribution is -2.46. The third-order valence-corrected chi connectivity index (χ3v) is 6.40. The second-order valence-corrected chi connectivity index (χ2v) is 8.27. The number of carbonyl (C=O) groups is 2. The number of benzene rings is 1. The fraction of sp³-hybridized carbons (Fsp3) is 0.636. The minimum atomic E-state index is 0.0115. The summed E-state index contributed by atoms with van der Waals surface area (Å²) in [5.41, 5.74) is 2.20. The molecular weight excluding hydrogens is 360 g/mol. The molecule has 1 aromatic carbocycles. The summed E-state index contributed by atoms with van der Waals surface area (Å²) >= 11 is 6.16. The third-order valence-electron chi connectivity index (χ3n) is 6.17. The van der Waals surface area contributed by atoms with Crippen LogP contribution in [-0.2, 0) is 16.0 Å². The monoisotopic (exact) mass is 390 g/mol. The van der Waals surface area contributed by atoms with Crippen LogP contribution in [0.4, 0.5) is 5.69 Å². The second kappa shape index (κ2) is 9.09. The first kappa shape index (κ1) is 20.2. The van der Waals surface area contributed by atoms with E-state index in [2.05, 4.69) is 13.8 Å². The summed E-state index contributed by atoms with van der Waals surface area (Å²) in [6.07, 6.45) is 6.39. The molecule has 0 radical (unpaired) electrons. The van der Waals surface area contributed by atoms with Crippen LogP contribution < -0.4 is 4.90 Å². The summed E-state index contributed by atoms with van der Waals surface area (Å²) < 4.78 is 0. The zero-order valence-electron chi connectivity index (χ0n) is 16.5. The lowest BCUT2D eigenvalue weighted by atomic mass is 9.93. The zero-order valence-corrected chi connectivity index (χ0v) is 17.3. The highest BCUT2D eigenvalue weighted by molar-refractivity contribution is 6.30. The highest BCUT2D eigenvalue weighted by Crippen LogP contribution is 2.32. The van der Waals surface area contributed by atoms with Crippen molar-refractivity contribution in [1.82, 2.24) is 4.90 Å². The van der Waals surface area contributed by atoms with Gasteiger partial charge < -0.3 is 9.80 Å². The van der Waals surface area contributed by atoms with Gasteiger partial charge in [-0.2, -0.15) is 0 Å². The molecule has 148 valence electrons. The lowest BCUT2D eigenvalue weighted by Gasteiger charge is -2.35. The van der Waals surface area contributed by atoms with Crippen LogP contribution in [0.15, 0.2) is 18.2 Å². The van der Waals surface area contributed by atoms with E-state index in [0.717, 1.165) is 62.2 Å². The van der Waals surface area contributed by atoms with Crippen LogP contribution in [-0.4, -0.2) is 36.3 Å². The molecule has 0 spiro atoms. The summed E-state index contributed by atoms with van der Waals surface area (Å²) in [5.74, 6) is 0.618. The number of halogens is 1. The highest BCUT2D eigenvalue weighted by atomic mass is 35.5. The number of fused-ring (bicyclic) bond motifs is 1. The molecule has 0 saturated carbocycles. The van der Waals surface area contributed by atoms with E-state index in [0.29, 0.717) is 13.1 Å². The number of piperidine rings is 1. The van der Waals surface area contributed by atoms with E-state index in [9.17, 15) is 9.59 Å². The van der Waals surface area contributed by atoms with Crippen LogP contribution in [0.25, 0.3) is 0 Å². The molecule has 3 rings (SSSR count). The summed E-state index contributed by atoms with van der Waals surface area (Å²) in [6.45, 7) is 6.33. The van der Waals surface area contributed by atoms with Gasteiger partial charge in [-0.15, -0.1) is 0 Å². The van der Waals surface area contributed by atoms with Gasteiger partial charge >= 0.3 is 0 Å². The molecule has 1 saturated heterocycles. The van der Waals surface area contributed by atoms with Crippen LogP contribution >= 0.6 is 11.6 Å². The summed E-state index contributed by atoms with van der Waals surface area (Å²) in [4.78, 5) is 29.8. The second-order valence-electron chi connectivity index (χ2n) is 7.83. The Morgan fingerprint density at radius 2 is 1.81 bits per heavy atom. The van der Waals surface area contributed by atoms with Crippen molar-refractivity contribution in [3.63, 3.8) is 0 Å². The predicted octanol–water partition coefficient (Wildman–Crippen LogP) is 4.68. The van der Waals surface area contributed by atoms with Gasteiger partial charge in [0.25, 0.3) is 0 Å². The minimum absolute atomic E-state index is 0.0115. The van der Waals surface area contributed by atoms with E-state index in [1.165, 1.54) is 5.56 Å². The average Bonchev–Trinajstić information content (AvgIpc) is 2.90. The molecule has 27 heavy (non-hydrogen) atoms. The first-order valence-corrected chi connectivity index (χ1v) is 10.8. The third kappa shape index (κ3) is 4.48. The molecule has 0 atom stereocenters. The molecule has 2 heterocycles. The topological polar surface area (TPSA) is 40.6 Å². The SMILES string of the molecule is CCC(CC)C(=O)N1CCC(C(=O)N2CCCCc3cc(Cl)ccc32)CC1. The Labute approximate surface area is 167 Å². The molecular formula is C22H31ClN2O2. The van der Waals surface area contributed by atoms with Gasteiger partial charge in [-0.25, -0.2) is 0 Å². The summed E-state index contributed by atoms with van der Waals surface area (Å²) in [7, 11) is 0. The molecule has 4 nitrogen and oxygen atoms in total. The number of nitrogens with zero attached hydrogens (tertiary/aromatic N) is 2. The number of amides is 2. The molecule has 0 bridgehead atoms. The molecule has 2 aliphatic rings. The van der Waals surface area contributed by atoms with Gasteiger partial charge in [0.05, 0.1) is 0 Å². The van der Waals surface area contributed by atoms with Crippen molar-refractivity contribution in [2.24, 2.45) is 11.8 Å². The van der Waals surface area contributed by atoms with Crippen molar-refractivity contribution in [3.05, 3.63) is 28.8 Å². The van der Waals surface area contributed by atoms with Gasteiger partial charge in [0.2, 0.25) is 11.8 Å². The highest BCUT2D eigenvalue weighted by Gasteiger charge is 2.33. The molecule has 1 aromatic rings. The number of hydrogen-bond donors (Lipinski definition) is 0. The van der Waals surface area contributed by atoms with Gasteiger partial charge in [-0.1, -0.05) is 25.4 Å². The van der Waals surface area contributed by atoms with Crippen LogP contribution in [0.3, 0.4) is 0 Å². The normalized spacial score (nSPS) is 18.4. The molecule has 0 aromatic heterocycles. The maximum absolute atomic E-state index is 13.3. The van der Waals surface area contributed by atoms with Gasteiger partial charge in [0, 0.05) is 42.2 Å². The van der Waals surface area contributed by atoms with E-state index >= 15 is 0 Å². The maximum Gasteiger partial charge on any atom is 0.230 e. The van der Waals surface area contributed by atoms with E-state index in [1.807, 2.05) is 28.0 Å². The van der Waals surface area contributed by atoms with E-state index < -0.39 is 0 Å². The van der Waals surface area contributed by atoms with Crippen molar-refractivity contribution in [1.29, 1.82) is 0 Å². The number of rotatable bonds is 4. The van der Waals surface area contributed by atoms with E-state index in [4.69, 9.17) is 11.6 Å². The van der Waals surface area contributed by atoms with Crippen molar-refractivity contribution < 1.29 is 9.59 Å². The van der Waals surface area contributed by atoms with Crippen LogP contribution in [0.5, 0.6) is 0 Å². The average molecular weight is 391 g/mol. The number of aryl methyl sites for hydroxylation is 1. The Morgan fingerprint density at radius 3 is 2.48 bits per heavy atom. The molecule has 0 N–H and O–H groups in total. The van der Waals surface area contributed by atoms with Gasteiger partial charge in [-0.05, 0) is 68.7 Å². The fourth-order valence-corrected chi connectivity index (χ4v) is 4.61. The van der Waals surface area contributed by atoms with Gasteiger partial charge in [0.1, 0.15) is 0 Å². The molecule has 2 amide bonds. The largest absolute Gasteiger partial charge is 0.342 e. The number of carbonyl (C=O) groups excluding carboxylic acids is 2. The van der Waals surface area contributed by atoms with Crippen molar-refractivity contribution in [2.45, 2.75) is 58.8 Å². The summed E-state index contributed by atoms with van der Waals surface area (Å²) in [5, 5.41) is 0.733. The molecule has 0 aliphatic carbocycles. The summed E-state index contributed by atoms with van der Waals surface area (Å²) in [6, 6.07) is 5.87. The van der Waals surface area contributed by atoms with Crippen LogP contribution in [0.2, 0.25) is 5.02 Å². The first-order chi connectivity index (χ1) is 13.0. The van der Waals surface area contributed by atoms with Crippen LogP contribution in [0.1, 0.15) is 57.9 Å². The van der Waals surface area contributed by atoms with Crippen LogP contribution in [0, 0.1) is 11.8 Å². The Bertz CT molecular complexity index is 679. The number of hydrogen-bond acceptors (Lipinski definition) is 2. The number of anilines is 1. The van der Waals surface area contributed by atoms with Crippen molar-refractivity contribution in [2.75, 3.05) is 24.5 Å². The standard InChI is InChI=1S/C22H31ClN2O2/c1-3-16(4-2)21(26)24-13-10-17(11-14-24)22(27)25-12-6-5-7-18-15-19(23)8-9-20(18)25/h8-9,15-17H,3-7,10-14H2,1-2H3. The predicted molar refractivity (Wildman–Crippen MR) is 110 cm³/mol. The molecule has 0 unspecified atom stereocenters.